The molecule has 0 radical (unpaired) electrons. The third-order valence-electron chi connectivity index (χ3n) is 1.04. The topological polar surface area (TPSA) is 90.7 Å². The fourth-order valence-electron chi connectivity index (χ4n) is 0.605. The van der Waals surface area contributed by atoms with Crippen molar-refractivity contribution in [1.82, 2.24) is 15.0 Å². The van der Waals surface area contributed by atoms with Crippen LogP contribution in [0.5, 0.6) is 0 Å². The van der Waals surface area contributed by atoms with E-state index in [0.717, 1.165) is 0 Å². The molecule has 0 saturated carbocycles. The molecule has 0 bridgehead atoms. The van der Waals surface area contributed by atoms with Crippen molar-refractivity contribution >= 4 is 11.9 Å². The number of aromatic nitrogens is 3. The minimum Gasteiger partial charge on any atom is -0.368 e. The number of nitrogens with two attached hydrogens (primary N) is 2. The molecule has 0 unspecified atom stereocenters. The van der Waals surface area contributed by atoms with E-state index in [1.807, 2.05) is 13.8 Å². The highest BCUT2D eigenvalue weighted by Crippen LogP contribution is 2.11. The van der Waals surface area contributed by atoms with Gasteiger partial charge >= 0.3 is 0 Å². The molecule has 0 aliphatic rings. The molecule has 1 aromatic heterocycles. The molecule has 0 amide bonds. The third kappa shape index (κ3) is 3.64. The van der Waals surface area contributed by atoms with Gasteiger partial charge in [-0.1, -0.05) is 13.8 Å². The van der Waals surface area contributed by atoms with Crippen molar-refractivity contribution in [3.05, 3.63) is 5.82 Å². The zero-order chi connectivity index (χ0) is 10.4. The summed E-state index contributed by atoms with van der Waals surface area (Å²) in [4.78, 5) is 10.6. The second kappa shape index (κ2) is 5.23. The fourth-order valence-corrected chi connectivity index (χ4v) is 0.605. The first-order valence-corrected chi connectivity index (χ1v) is 4.00. The zero-order valence-corrected chi connectivity index (χ0v) is 7.95. The minimum absolute atomic E-state index is 0.0324. The first-order chi connectivity index (χ1) is 6.09. The fraction of sp³-hybridized carbons (Fsp3) is 0.571. The lowest BCUT2D eigenvalue weighted by Crippen LogP contribution is -2.07. The van der Waals surface area contributed by atoms with Gasteiger partial charge in [0.25, 0.3) is 0 Å². The summed E-state index contributed by atoms with van der Waals surface area (Å²) in [5.74, 6) is -0.149. The lowest BCUT2D eigenvalue weighted by atomic mass is 10.4. The van der Waals surface area contributed by atoms with Gasteiger partial charge < -0.3 is 11.5 Å². The van der Waals surface area contributed by atoms with Crippen molar-refractivity contribution in [2.75, 3.05) is 11.5 Å². The Morgan fingerprint density at radius 2 is 1.46 bits per heavy atom. The molecule has 5 nitrogen and oxygen atoms in total. The lowest BCUT2D eigenvalue weighted by Gasteiger charge is -2.00. The number of halogens is 1. The normalized spacial score (nSPS) is 11.4. The van der Waals surface area contributed by atoms with Crippen molar-refractivity contribution in [1.29, 1.82) is 0 Å². The van der Waals surface area contributed by atoms with Crippen LogP contribution in [0.3, 0.4) is 0 Å². The molecule has 0 aromatic carbocycles. The van der Waals surface area contributed by atoms with Crippen LogP contribution in [-0.4, -0.2) is 15.0 Å². The van der Waals surface area contributed by atoms with Crippen molar-refractivity contribution in [3.63, 3.8) is 0 Å². The summed E-state index contributed by atoms with van der Waals surface area (Å²) in [5.41, 5.74) is 10.4. The van der Waals surface area contributed by atoms with Crippen LogP contribution in [0.15, 0.2) is 0 Å². The molecule has 0 spiro atoms. The summed E-state index contributed by atoms with van der Waals surface area (Å²) < 4.78 is 12.5. The Labute approximate surface area is 76.4 Å². The number of anilines is 2. The number of nitrogen functional groups attached to an aromatic ring is 2. The Morgan fingerprint density at radius 1 is 1.08 bits per heavy atom. The van der Waals surface area contributed by atoms with Crippen molar-refractivity contribution < 1.29 is 4.39 Å². The smallest absolute Gasteiger partial charge is 0.225 e. The van der Waals surface area contributed by atoms with Crippen molar-refractivity contribution in [3.8, 4) is 0 Å². The van der Waals surface area contributed by atoms with E-state index in [9.17, 15) is 4.39 Å². The van der Waals surface area contributed by atoms with Gasteiger partial charge in [0.1, 0.15) is 0 Å². The number of hydrogen-bond acceptors (Lipinski definition) is 5. The average Bonchev–Trinajstić information content (AvgIpc) is 2.06. The summed E-state index contributed by atoms with van der Waals surface area (Å²) in [6.07, 6.45) is -1.28. The summed E-state index contributed by atoms with van der Waals surface area (Å²) >= 11 is 0. The number of nitrogens with zero attached hydrogens (tertiary/aromatic N) is 3. The highest BCUT2D eigenvalue weighted by atomic mass is 19.1. The second-order valence-electron chi connectivity index (χ2n) is 2.03. The summed E-state index contributed by atoms with van der Waals surface area (Å²) in [6.45, 7) is 5.30. The van der Waals surface area contributed by atoms with Gasteiger partial charge in [0.05, 0.1) is 0 Å². The van der Waals surface area contributed by atoms with Gasteiger partial charge in [0.2, 0.25) is 11.9 Å². The highest BCUT2D eigenvalue weighted by molar-refractivity contribution is 5.26. The Hall–Kier alpha value is -1.46. The van der Waals surface area contributed by atoms with Crippen LogP contribution in [0.1, 0.15) is 32.8 Å². The highest BCUT2D eigenvalue weighted by Gasteiger charge is 2.08. The number of rotatable bonds is 1. The number of alkyl halides is 1. The maximum absolute atomic E-state index is 12.5. The largest absolute Gasteiger partial charge is 0.368 e. The maximum Gasteiger partial charge on any atom is 0.225 e. The Morgan fingerprint density at radius 3 is 1.77 bits per heavy atom. The predicted molar refractivity (Wildman–Crippen MR) is 49.5 cm³/mol. The van der Waals surface area contributed by atoms with E-state index in [2.05, 4.69) is 15.0 Å². The van der Waals surface area contributed by atoms with E-state index in [0.29, 0.717) is 0 Å². The third-order valence-corrected chi connectivity index (χ3v) is 1.04. The van der Waals surface area contributed by atoms with E-state index in [-0.39, 0.29) is 17.7 Å². The summed E-state index contributed by atoms with van der Waals surface area (Å²) in [6, 6.07) is 0. The van der Waals surface area contributed by atoms with Crippen LogP contribution in [0.2, 0.25) is 0 Å². The molecule has 6 heteroatoms. The van der Waals surface area contributed by atoms with E-state index >= 15 is 0 Å². The van der Waals surface area contributed by atoms with E-state index < -0.39 is 6.17 Å². The molecular formula is C7H14FN5. The molecule has 74 valence electrons. The van der Waals surface area contributed by atoms with E-state index in [1.165, 1.54) is 6.92 Å². The first-order valence-electron chi connectivity index (χ1n) is 4.00. The molecule has 1 heterocycles. The van der Waals surface area contributed by atoms with Crippen LogP contribution in [0, 0.1) is 0 Å². The van der Waals surface area contributed by atoms with Gasteiger partial charge in [-0.05, 0) is 6.92 Å². The second-order valence-corrected chi connectivity index (χ2v) is 2.03. The first kappa shape index (κ1) is 11.5. The molecule has 0 fully saturated rings. The average molecular weight is 187 g/mol. The molecule has 1 aromatic rings. The van der Waals surface area contributed by atoms with Gasteiger partial charge in [0.15, 0.2) is 12.0 Å². The predicted octanol–water partition coefficient (Wildman–Crippen LogP) is 1.09. The molecule has 1 rings (SSSR count). The van der Waals surface area contributed by atoms with Gasteiger partial charge in [-0.15, -0.1) is 0 Å². The van der Waals surface area contributed by atoms with Gasteiger partial charge in [-0.2, -0.15) is 15.0 Å². The summed E-state index contributed by atoms with van der Waals surface area (Å²) in [7, 11) is 0. The molecule has 0 aliphatic heterocycles. The standard InChI is InChI=1S/C5H8FN5.C2H6/c1-2(6)3-9-4(7)11-5(8)10-3;1-2/h2H,1H3,(H4,7,8,9,10,11);1-2H3/t2-;/m0./s1. The van der Waals surface area contributed by atoms with Crippen molar-refractivity contribution in [2.24, 2.45) is 0 Å². The molecule has 0 saturated heterocycles. The van der Waals surface area contributed by atoms with Crippen LogP contribution in [0.4, 0.5) is 16.3 Å². The summed E-state index contributed by atoms with van der Waals surface area (Å²) in [5, 5.41) is 0. The van der Waals surface area contributed by atoms with Crippen LogP contribution >= 0.6 is 0 Å². The van der Waals surface area contributed by atoms with Crippen LogP contribution in [0.25, 0.3) is 0 Å². The minimum atomic E-state index is -1.28. The van der Waals surface area contributed by atoms with Crippen LogP contribution in [-0.2, 0) is 0 Å². The maximum atomic E-state index is 12.5. The van der Waals surface area contributed by atoms with E-state index in [4.69, 9.17) is 11.5 Å². The van der Waals surface area contributed by atoms with Gasteiger partial charge in [-0.25, -0.2) is 4.39 Å². The van der Waals surface area contributed by atoms with Crippen molar-refractivity contribution in [2.45, 2.75) is 26.9 Å². The number of hydrogen-bond donors (Lipinski definition) is 2. The van der Waals surface area contributed by atoms with E-state index in [1.54, 1.807) is 0 Å². The zero-order valence-electron chi connectivity index (χ0n) is 7.95. The van der Waals surface area contributed by atoms with Gasteiger partial charge in [-0.3, -0.25) is 0 Å². The monoisotopic (exact) mass is 187 g/mol. The molecule has 1 atom stereocenters. The molecule has 0 aliphatic carbocycles. The molecule has 13 heavy (non-hydrogen) atoms. The Balaban J connectivity index is 0.000000671. The molecule has 4 N–H and O–H groups in total. The SMILES string of the molecule is CC.C[C@H](F)c1nc(N)nc(N)n1. The quantitative estimate of drug-likeness (QED) is 0.686. The Kier molecular flexibility index (Phi) is 4.64. The Bertz CT molecular complexity index is 243. The molecular weight excluding hydrogens is 173 g/mol. The lowest BCUT2D eigenvalue weighted by molar-refractivity contribution is 0.356. The van der Waals surface area contributed by atoms with Crippen LogP contribution < -0.4 is 11.5 Å². The van der Waals surface area contributed by atoms with Gasteiger partial charge in [0, 0.05) is 0 Å².